The molecule has 0 heterocycles. The summed E-state index contributed by atoms with van der Waals surface area (Å²) in [7, 11) is -0.273. The molecule has 2 aliphatic carbocycles. The third-order valence-corrected chi connectivity index (χ3v) is 14.5. The summed E-state index contributed by atoms with van der Waals surface area (Å²) in [6.07, 6.45) is 14.1. The summed E-state index contributed by atoms with van der Waals surface area (Å²) < 4.78 is 0. The van der Waals surface area contributed by atoms with Crippen LogP contribution in [0.1, 0.15) is 140 Å². The van der Waals surface area contributed by atoms with E-state index in [4.69, 9.17) is 11.6 Å². The summed E-state index contributed by atoms with van der Waals surface area (Å²) in [5.74, 6) is 1.52. The van der Waals surface area contributed by atoms with Gasteiger partial charge in [-0.05, 0) is 99.8 Å². The van der Waals surface area contributed by atoms with Crippen LogP contribution >= 0.6 is 19.5 Å². The number of rotatable bonds is 8. The summed E-state index contributed by atoms with van der Waals surface area (Å²) in [5.41, 5.74) is 11.7. The Morgan fingerprint density at radius 1 is 0.532 bits per heavy atom. The summed E-state index contributed by atoms with van der Waals surface area (Å²) in [6, 6.07) is 32.7. The lowest BCUT2D eigenvalue weighted by atomic mass is 9.82. The Bertz CT molecular complexity index is 1440. The van der Waals surface area contributed by atoms with Gasteiger partial charge in [0.1, 0.15) is 0 Å². The smallest absolute Gasteiger partial charge is 0.0489 e. The van der Waals surface area contributed by atoms with Gasteiger partial charge in [-0.25, -0.2) is 0 Å². The lowest BCUT2D eigenvalue weighted by Crippen LogP contribution is -2.28. The number of hydrogen-bond acceptors (Lipinski definition) is 0. The van der Waals surface area contributed by atoms with E-state index in [1.54, 1.807) is 5.30 Å². The minimum atomic E-state index is -0.273. The van der Waals surface area contributed by atoms with E-state index in [1.165, 1.54) is 103 Å². The van der Waals surface area contributed by atoms with Crippen molar-refractivity contribution in [1.82, 2.24) is 0 Å². The van der Waals surface area contributed by atoms with Crippen molar-refractivity contribution in [3.05, 3.63) is 113 Å². The molecule has 0 aliphatic heterocycles. The first-order valence-electron chi connectivity index (χ1n) is 18.6. The molecule has 4 aromatic rings. The first kappa shape index (κ1) is 35.9. The van der Waals surface area contributed by atoms with Crippen molar-refractivity contribution in [2.75, 3.05) is 0 Å². The van der Waals surface area contributed by atoms with E-state index in [-0.39, 0.29) is 7.92 Å². The van der Waals surface area contributed by atoms with Gasteiger partial charge in [-0.1, -0.05) is 185 Å². The molecular formula is C45H58ClP. The van der Waals surface area contributed by atoms with Crippen LogP contribution in [0, 0.1) is 0 Å². The quantitative estimate of drug-likeness (QED) is 0.164. The van der Waals surface area contributed by atoms with Crippen LogP contribution in [0.5, 0.6) is 0 Å². The summed E-state index contributed by atoms with van der Waals surface area (Å²) in [4.78, 5) is 0. The molecule has 250 valence electrons. The van der Waals surface area contributed by atoms with Crippen LogP contribution in [0.3, 0.4) is 0 Å². The zero-order chi connectivity index (χ0) is 33.3. The number of benzene rings is 4. The Hall–Kier alpha value is -2.40. The molecule has 4 aromatic carbocycles. The molecule has 2 saturated carbocycles. The van der Waals surface area contributed by atoms with E-state index >= 15 is 0 Å². The molecular weight excluding hydrogens is 607 g/mol. The van der Waals surface area contributed by atoms with Crippen LogP contribution < -0.4 is 5.30 Å². The van der Waals surface area contributed by atoms with Crippen molar-refractivity contribution in [3.63, 3.8) is 0 Å². The molecule has 0 N–H and O–H groups in total. The Labute approximate surface area is 293 Å². The highest BCUT2D eigenvalue weighted by Crippen LogP contribution is 2.58. The predicted octanol–water partition coefficient (Wildman–Crippen LogP) is 14.5. The highest BCUT2D eigenvalue weighted by molar-refractivity contribution is 7.67. The van der Waals surface area contributed by atoms with E-state index in [9.17, 15) is 0 Å². The van der Waals surface area contributed by atoms with Gasteiger partial charge in [0, 0.05) is 10.3 Å². The van der Waals surface area contributed by atoms with E-state index in [2.05, 4.69) is 120 Å². The van der Waals surface area contributed by atoms with Gasteiger partial charge in [0.2, 0.25) is 0 Å². The maximum Gasteiger partial charge on any atom is 0.0489 e. The third kappa shape index (κ3) is 8.99. The Kier molecular flexibility index (Phi) is 13.2. The molecule has 6 rings (SSSR count). The average molecular weight is 665 g/mol. The highest BCUT2D eigenvalue weighted by Gasteiger charge is 2.36. The fourth-order valence-corrected chi connectivity index (χ4v) is 12.3. The first-order chi connectivity index (χ1) is 22.8. The fraction of sp³-hybridized carbons (Fsp3) is 0.467. The maximum absolute atomic E-state index is 7.27. The lowest BCUT2D eigenvalue weighted by molar-refractivity contribution is 0.487. The second-order valence-corrected chi connectivity index (χ2v) is 18.0. The molecule has 47 heavy (non-hydrogen) atoms. The minimum absolute atomic E-state index is 0.273. The van der Waals surface area contributed by atoms with Gasteiger partial charge in [0.15, 0.2) is 0 Å². The normalized spacial score (nSPS) is 16.1. The van der Waals surface area contributed by atoms with Gasteiger partial charge in [-0.3, -0.25) is 0 Å². The van der Waals surface area contributed by atoms with E-state index in [0.717, 1.165) is 16.3 Å². The Morgan fingerprint density at radius 2 is 0.979 bits per heavy atom. The van der Waals surface area contributed by atoms with Crippen LogP contribution in [0.25, 0.3) is 22.3 Å². The third-order valence-electron chi connectivity index (χ3n) is 10.5. The van der Waals surface area contributed by atoms with Crippen LogP contribution in [-0.4, -0.2) is 11.3 Å². The summed E-state index contributed by atoms with van der Waals surface area (Å²) in [5, 5.41) is 2.60. The fourth-order valence-electron chi connectivity index (χ4n) is 7.89. The standard InChI is InChI=1S/C33H48ClP.C12H10/c1-22(2)25-20-29(23(3)4)32(30(21-25)24(5)6)28-18-13-19-31(34)33(28)35(26-14-9-7-10-15-26)27-16-11-8-12-17-27;1-3-7-11(8-4-1)12-9-5-2-6-10-12/h13,18-24,26-27H,7-12,14-17H2,1-6H3;1-10H. The predicted molar refractivity (Wildman–Crippen MR) is 211 cm³/mol. The highest BCUT2D eigenvalue weighted by atomic mass is 35.5. The van der Waals surface area contributed by atoms with Crippen molar-refractivity contribution in [1.29, 1.82) is 0 Å². The molecule has 0 radical (unpaired) electrons. The van der Waals surface area contributed by atoms with E-state index < -0.39 is 0 Å². The van der Waals surface area contributed by atoms with Crippen LogP contribution in [0.4, 0.5) is 0 Å². The first-order valence-corrected chi connectivity index (χ1v) is 20.5. The van der Waals surface area contributed by atoms with Crippen molar-refractivity contribution in [3.8, 4) is 22.3 Å². The van der Waals surface area contributed by atoms with Crippen molar-refractivity contribution in [2.45, 2.75) is 135 Å². The van der Waals surface area contributed by atoms with Crippen LogP contribution in [0.2, 0.25) is 5.02 Å². The molecule has 0 unspecified atom stereocenters. The van der Waals surface area contributed by atoms with E-state index in [1.807, 2.05) is 12.1 Å². The van der Waals surface area contributed by atoms with Crippen LogP contribution in [-0.2, 0) is 0 Å². The SMILES string of the molecule is CC(C)c1cc(C(C)C)c(-c2cccc(Cl)c2P(C2CCCCC2)C2CCCCC2)c(C(C)C)c1.c1ccc(-c2ccccc2)cc1. The van der Waals surface area contributed by atoms with Crippen molar-refractivity contribution < 1.29 is 0 Å². The minimum Gasteiger partial charge on any atom is -0.0836 e. The van der Waals surface area contributed by atoms with Crippen molar-refractivity contribution in [2.24, 2.45) is 0 Å². The second-order valence-electron chi connectivity index (χ2n) is 14.9. The van der Waals surface area contributed by atoms with Gasteiger partial charge in [-0.2, -0.15) is 0 Å². The van der Waals surface area contributed by atoms with Gasteiger partial charge in [0.05, 0.1) is 0 Å². The molecule has 2 aliphatic rings. The largest absolute Gasteiger partial charge is 0.0836 e. The molecule has 2 heteroatoms. The molecule has 0 spiro atoms. The average Bonchev–Trinajstić information content (AvgIpc) is 3.10. The second kappa shape index (κ2) is 17.3. The molecule has 0 amide bonds. The maximum atomic E-state index is 7.27. The lowest BCUT2D eigenvalue weighted by Gasteiger charge is -2.40. The summed E-state index contributed by atoms with van der Waals surface area (Å²) >= 11 is 7.27. The zero-order valence-electron chi connectivity index (χ0n) is 29.9. The molecule has 0 bridgehead atoms. The van der Waals surface area contributed by atoms with Gasteiger partial charge >= 0.3 is 0 Å². The van der Waals surface area contributed by atoms with Gasteiger partial charge < -0.3 is 0 Å². The monoisotopic (exact) mass is 664 g/mol. The van der Waals surface area contributed by atoms with E-state index in [0.29, 0.717) is 17.8 Å². The molecule has 0 saturated heterocycles. The molecule has 2 fully saturated rings. The molecule has 0 atom stereocenters. The number of halogens is 1. The zero-order valence-corrected chi connectivity index (χ0v) is 31.6. The topological polar surface area (TPSA) is 0 Å². The van der Waals surface area contributed by atoms with Crippen molar-refractivity contribution >= 4 is 24.8 Å². The van der Waals surface area contributed by atoms with Gasteiger partial charge in [-0.15, -0.1) is 0 Å². The number of hydrogen-bond donors (Lipinski definition) is 0. The molecule has 0 aromatic heterocycles. The van der Waals surface area contributed by atoms with Crippen LogP contribution in [0.15, 0.2) is 91.0 Å². The van der Waals surface area contributed by atoms with Gasteiger partial charge in [0.25, 0.3) is 0 Å². The Balaban J connectivity index is 0.000000301. The Morgan fingerprint density at radius 3 is 1.38 bits per heavy atom. The summed E-state index contributed by atoms with van der Waals surface area (Å²) in [6.45, 7) is 14.2. The molecule has 0 nitrogen and oxygen atoms in total.